The van der Waals surface area contributed by atoms with E-state index in [1.807, 2.05) is 146 Å². The minimum Gasteiger partial charge on any atom is -0.362 e. The molecule has 2 saturated carbocycles. The van der Waals surface area contributed by atoms with E-state index in [9.17, 15) is 91.1 Å². The first-order chi connectivity index (χ1) is 70.2. The van der Waals surface area contributed by atoms with Crippen molar-refractivity contribution in [3.8, 4) is 0 Å². The molecule has 2 spiro atoms. The van der Waals surface area contributed by atoms with E-state index in [4.69, 9.17) is 0 Å². The second-order valence-corrected chi connectivity index (χ2v) is 43.0. The lowest BCUT2D eigenvalue weighted by atomic mass is 9.67. The van der Waals surface area contributed by atoms with Gasteiger partial charge in [-0.05, 0) is 164 Å². The van der Waals surface area contributed by atoms with Crippen molar-refractivity contribution < 1.29 is 81.4 Å². The number of likely N-dealkylation sites (N-methyl/N-ethyl adjacent to an activating group) is 1. The maximum Gasteiger partial charge on any atom is 0.261 e. The summed E-state index contributed by atoms with van der Waals surface area (Å²) in [6.07, 6.45) is 19.6. The minimum atomic E-state index is -0.345. The van der Waals surface area contributed by atoms with Gasteiger partial charge in [0.2, 0.25) is 70.9 Å². The van der Waals surface area contributed by atoms with Gasteiger partial charge in [-0.15, -0.1) is 0 Å². The first-order valence-electron chi connectivity index (χ1n) is 50.9. The largest absolute Gasteiger partial charge is 0.362 e. The zero-order valence-electron chi connectivity index (χ0n) is 89.3. The fourth-order valence-electron chi connectivity index (χ4n) is 21.4. The molecule has 2 aromatic heterocycles. The van der Waals surface area contributed by atoms with Gasteiger partial charge >= 0.3 is 0 Å². The standard InChI is InChI=1S/C23H13NO2.C15H11NO2.C14H11NO.C12H19NO.C10H15NO2.C9H15NO.2C8H13NO2.2C7H11NO2.C5H7NO3/c1-24-22(25)17-10-8-15-13-6-2-4-12-5-3-7-14(19(12)13)16-9-11-18(23(24)26)21(17)20(15)16;1-16-14(17)12-8-4-2-6-10(12)11-7-3-5-9-13(11)15(16)18;1-9-11-7-3-5-10-6-4-8-12(13(10)11)14(16)15(9)2;1-10-8-12(6-4-3-5-7-12)9-11(14)13(10)2;1-11-8(12)6-10(7-9(11)13)4-2-3-5-10;1-7-5-9(2,3)6-8(11)10(7)4;1-8(2)5-4-6(10)9(3)7(8)11;1-5-4-6(2)8(11)9(3)7(5)10;1-5-3-6(9)8(2)7(10)4-5;1-5-3-4-6(9)8(2)7(5)10;1-6-4(7)2-9-3-5(6)8/h2-11H,1H3;2-9H,1H3;3-8H,1H2,2H3;1,3-9H2,2H3;2-7H2,1H3;1,5-6H2,2-4H3;4-5H2,1-3H3;5-6H,4H2,1-3H3;2*5H,3-4H2,1-2H3;2-3H2,1H3. The quantitative estimate of drug-likeness (QED) is 0.0773. The van der Waals surface area contributed by atoms with Crippen molar-refractivity contribution in [3.63, 3.8) is 0 Å². The zero-order valence-corrected chi connectivity index (χ0v) is 89.3. The predicted molar refractivity (Wildman–Crippen MR) is 576 cm³/mol. The van der Waals surface area contributed by atoms with E-state index in [1.165, 1.54) is 111 Å². The van der Waals surface area contributed by atoms with Crippen LogP contribution in [-0.2, 0) is 86.0 Å². The van der Waals surface area contributed by atoms with Gasteiger partial charge in [0, 0.05) is 212 Å². The van der Waals surface area contributed by atoms with Crippen LogP contribution in [-0.4, -0.2) is 224 Å². The molecule has 149 heavy (non-hydrogen) atoms. The molecule has 11 aliphatic rings. The number of aromatic nitrogens is 2. The number of hydrogen-bond acceptors (Lipinski definition) is 20. The van der Waals surface area contributed by atoms with Crippen molar-refractivity contribution in [3.05, 3.63) is 218 Å². The van der Waals surface area contributed by atoms with Crippen LogP contribution >= 0.6 is 0 Å². The Bertz CT molecular complexity index is 7130. The fourth-order valence-corrected chi connectivity index (χ4v) is 21.4. The summed E-state index contributed by atoms with van der Waals surface area (Å²) in [7, 11) is 17.7. The Hall–Kier alpha value is -14.8. The molecule has 3 atom stereocenters. The third-order valence-corrected chi connectivity index (χ3v) is 30.9. The number of carbonyl (C=O) groups excluding carboxylic acids is 16. The van der Waals surface area contributed by atoms with Gasteiger partial charge in [0.1, 0.15) is 13.2 Å². The maximum atomic E-state index is 12.7. The molecule has 16 amide bonds. The number of benzene rings is 9. The SMILES string of the molecule is C=C1CC(C)(C)CC(=O)N1C.C=C1CC2(CCCCC2)CC(=O)N1C.C=c1c2cccc3cccc(c(=O)n1C)c32.CC1CC(=O)N(C)C(=O)C1.CC1CC(C)C(=O)N(C)C1=O.CC1CCC(=O)N(C)C1=O.CN1C(=O)CC2(CCCC2)CC1=O.CN1C(=O)CCC(C)(C)C1=O.CN1C(=O)COCC1=O.CN1C(=O)c2ccc3c4cccc5cccc(c6ccc(c2c36)C1=O)c54.Cn1c(=O)c2ccccc2c2ccccc2c1=O. The van der Waals surface area contributed by atoms with Crippen LogP contribution in [0.1, 0.15) is 217 Å². The Balaban J connectivity index is 0.000000148. The van der Waals surface area contributed by atoms with Gasteiger partial charge in [-0.1, -0.05) is 222 Å². The summed E-state index contributed by atoms with van der Waals surface area (Å²) < 4.78 is 7.40. The van der Waals surface area contributed by atoms with E-state index < -0.39 is 0 Å². The fraction of sp³-hybridized carbons (Fsp3) is 0.432. The van der Waals surface area contributed by atoms with Gasteiger partial charge in [-0.2, -0.15) is 0 Å². The van der Waals surface area contributed by atoms with Crippen LogP contribution in [0.2, 0.25) is 0 Å². The summed E-state index contributed by atoms with van der Waals surface area (Å²) in [5, 5.41) is 16.2. The van der Waals surface area contributed by atoms with E-state index in [1.54, 1.807) is 75.8 Å². The summed E-state index contributed by atoms with van der Waals surface area (Å²) in [4.78, 5) is 229. The number of rotatable bonds is 0. The summed E-state index contributed by atoms with van der Waals surface area (Å²) in [6.45, 7) is 27.3. The highest BCUT2D eigenvalue weighted by molar-refractivity contribution is 6.38. The normalized spacial score (nSPS) is 20.5. The molecule has 9 aliphatic heterocycles. The molecular formula is C118H139N11O20. The molecule has 11 aromatic rings. The molecule has 786 valence electrons. The first kappa shape index (κ1) is 113. The molecule has 0 N–H and O–H groups in total. The van der Waals surface area contributed by atoms with E-state index in [0.29, 0.717) is 91.5 Å². The van der Waals surface area contributed by atoms with Crippen LogP contribution in [0, 0.1) is 45.3 Å². The van der Waals surface area contributed by atoms with Gasteiger partial charge in [-0.25, -0.2) is 0 Å². The van der Waals surface area contributed by atoms with Crippen molar-refractivity contribution in [2.45, 2.75) is 197 Å². The number of morpholine rings is 1. The average molecular weight is 2030 g/mol. The van der Waals surface area contributed by atoms with Crippen LogP contribution in [0.15, 0.2) is 185 Å². The Kier molecular flexibility index (Phi) is 35.5. The minimum absolute atomic E-state index is 0.00713. The van der Waals surface area contributed by atoms with E-state index >= 15 is 0 Å². The average Bonchev–Trinajstić information content (AvgIpc) is 1.57. The summed E-state index contributed by atoms with van der Waals surface area (Å²) >= 11 is 0. The molecule has 31 heteroatoms. The molecule has 11 heterocycles. The Morgan fingerprint density at radius 1 is 0.295 bits per heavy atom. The van der Waals surface area contributed by atoms with Crippen LogP contribution in [0.3, 0.4) is 0 Å². The van der Waals surface area contributed by atoms with Gasteiger partial charge in [0.05, 0.1) is 0 Å². The molecule has 2 aliphatic carbocycles. The number of likely N-dealkylation sites (tertiary alicyclic amines) is 7. The number of fused-ring (bicyclic) bond motifs is 5. The topological polar surface area (TPSA) is 373 Å². The van der Waals surface area contributed by atoms with Gasteiger partial charge in [0.15, 0.2) is 0 Å². The number of ether oxygens (including phenoxy) is 1. The molecule has 9 aromatic carbocycles. The third-order valence-electron chi connectivity index (χ3n) is 30.9. The van der Waals surface area contributed by atoms with Crippen molar-refractivity contribution in [2.75, 3.05) is 76.6 Å². The second-order valence-electron chi connectivity index (χ2n) is 43.0. The molecular weight excluding hydrogens is 1890 g/mol. The lowest BCUT2D eigenvalue weighted by Crippen LogP contribution is -2.46. The van der Waals surface area contributed by atoms with Crippen molar-refractivity contribution in [1.82, 2.24) is 53.2 Å². The molecule has 10 fully saturated rings. The van der Waals surface area contributed by atoms with Crippen LogP contribution in [0.4, 0.5) is 0 Å². The molecule has 0 bridgehead atoms. The lowest BCUT2D eigenvalue weighted by molar-refractivity contribution is -0.157. The highest BCUT2D eigenvalue weighted by atomic mass is 16.5. The molecule has 3 unspecified atom stereocenters. The number of imide groups is 7. The molecule has 0 radical (unpaired) electrons. The molecule has 22 rings (SSSR count). The van der Waals surface area contributed by atoms with E-state index in [-0.39, 0.29) is 164 Å². The Morgan fingerprint density at radius 2 is 0.664 bits per heavy atom. The summed E-state index contributed by atoms with van der Waals surface area (Å²) in [5.74, 6) is -0.676. The summed E-state index contributed by atoms with van der Waals surface area (Å²) in [6, 6.07) is 46.9. The van der Waals surface area contributed by atoms with E-state index in [0.717, 1.165) is 118 Å². The van der Waals surface area contributed by atoms with Crippen molar-refractivity contribution in [1.29, 1.82) is 0 Å². The number of carbonyl (C=O) groups is 16. The second kappa shape index (κ2) is 46.8. The molecule has 31 nitrogen and oxygen atoms in total. The van der Waals surface area contributed by atoms with Crippen LogP contribution in [0.5, 0.6) is 0 Å². The predicted octanol–water partition coefficient (Wildman–Crippen LogP) is 15.9. The number of amides is 16. The zero-order chi connectivity index (χ0) is 109. The monoisotopic (exact) mass is 2030 g/mol. The number of piperidine rings is 7. The van der Waals surface area contributed by atoms with Crippen LogP contribution in [0.25, 0.3) is 92.8 Å². The van der Waals surface area contributed by atoms with Gasteiger partial charge < -0.3 is 19.1 Å². The van der Waals surface area contributed by atoms with Crippen molar-refractivity contribution in [2.24, 2.45) is 59.4 Å². The van der Waals surface area contributed by atoms with Gasteiger partial charge in [0.25, 0.3) is 40.3 Å². The highest BCUT2D eigenvalue weighted by Crippen LogP contribution is 2.50. The first-order valence-corrected chi connectivity index (χ1v) is 50.9. The van der Waals surface area contributed by atoms with Crippen LogP contribution < -0.4 is 22.0 Å². The Morgan fingerprint density at radius 3 is 1.11 bits per heavy atom. The maximum absolute atomic E-state index is 12.7. The number of allylic oxidation sites excluding steroid dienone is 2. The number of pyridine rings is 1. The summed E-state index contributed by atoms with van der Waals surface area (Å²) in [5.41, 5.74) is 2.79. The van der Waals surface area contributed by atoms with E-state index in [2.05, 4.69) is 74.7 Å². The smallest absolute Gasteiger partial charge is 0.261 e. The highest BCUT2D eigenvalue weighted by Gasteiger charge is 2.46. The van der Waals surface area contributed by atoms with Gasteiger partial charge in [-0.3, -0.25) is 130 Å². The van der Waals surface area contributed by atoms with Crippen molar-refractivity contribution >= 4 is 187 Å². The molecule has 8 saturated heterocycles. The number of nitrogens with zero attached hydrogens (tertiary/aromatic N) is 11. The number of hydrogen-bond donors (Lipinski definition) is 0. The lowest BCUT2D eigenvalue weighted by Gasteiger charge is -2.43. The Labute approximate surface area is 867 Å². The third kappa shape index (κ3) is 24.6.